The van der Waals surface area contributed by atoms with Crippen LogP contribution in [0.3, 0.4) is 0 Å². The second kappa shape index (κ2) is 9.30. The predicted molar refractivity (Wildman–Crippen MR) is 117 cm³/mol. The summed E-state index contributed by atoms with van der Waals surface area (Å²) in [7, 11) is 1.35. The van der Waals surface area contributed by atoms with Crippen LogP contribution in [-0.2, 0) is 27.2 Å². The number of fused-ring (bicyclic) bond motifs is 1. The number of amidine groups is 1. The lowest BCUT2D eigenvalue weighted by molar-refractivity contribution is -0.128. The van der Waals surface area contributed by atoms with Gasteiger partial charge in [0.1, 0.15) is 10.3 Å². The zero-order chi connectivity index (χ0) is 21.1. The van der Waals surface area contributed by atoms with Gasteiger partial charge in [-0.1, -0.05) is 18.7 Å². The van der Waals surface area contributed by atoms with Gasteiger partial charge < -0.3 is 10.1 Å². The number of nitrogens with one attached hydrogen (secondary N) is 1. The molecule has 9 heteroatoms. The Morgan fingerprint density at radius 3 is 2.76 bits per heavy atom. The Hall–Kier alpha value is -1.87. The molecule has 2 atom stereocenters. The molecule has 2 amide bonds. The van der Waals surface area contributed by atoms with Gasteiger partial charge in [-0.15, -0.1) is 11.3 Å². The lowest BCUT2D eigenvalue weighted by Gasteiger charge is -2.18. The molecular weight excluding hydrogens is 410 g/mol. The van der Waals surface area contributed by atoms with Crippen LogP contribution < -0.4 is 5.32 Å². The van der Waals surface area contributed by atoms with Crippen LogP contribution in [0.2, 0.25) is 0 Å². The van der Waals surface area contributed by atoms with Gasteiger partial charge in [0.2, 0.25) is 11.8 Å². The van der Waals surface area contributed by atoms with Crippen LogP contribution in [0.1, 0.15) is 54.4 Å². The summed E-state index contributed by atoms with van der Waals surface area (Å²) in [5, 5.41) is 3.60. The highest BCUT2D eigenvalue weighted by molar-refractivity contribution is 8.15. The topological polar surface area (TPSA) is 88.1 Å². The Morgan fingerprint density at radius 1 is 1.34 bits per heavy atom. The number of anilines is 1. The molecule has 29 heavy (non-hydrogen) atoms. The highest BCUT2D eigenvalue weighted by atomic mass is 32.2. The van der Waals surface area contributed by atoms with Gasteiger partial charge in [0.15, 0.2) is 5.17 Å². The molecule has 0 bridgehead atoms. The van der Waals surface area contributed by atoms with E-state index in [-0.39, 0.29) is 18.2 Å². The molecule has 0 unspecified atom stereocenters. The molecule has 1 aromatic rings. The first-order valence-corrected chi connectivity index (χ1v) is 11.6. The zero-order valence-electron chi connectivity index (χ0n) is 17.2. The lowest BCUT2D eigenvalue weighted by atomic mass is 9.88. The Balaban J connectivity index is 1.77. The first-order chi connectivity index (χ1) is 13.9. The summed E-state index contributed by atoms with van der Waals surface area (Å²) in [6.45, 7) is 7.12. The van der Waals surface area contributed by atoms with Gasteiger partial charge in [0, 0.05) is 24.4 Å². The van der Waals surface area contributed by atoms with Crippen LogP contribution in [0.25, 0.3) is 0 Å². The second-order valence-electron chi connectivity index (χ2n) is 7.25. The third kappa shape index (κ3) is 4.50. The van der Waals surface area contributed by atoms with Gasteiger partial charge in [-0.05, 0) is 44.6 Å². The van der Waals surface area contributed by atoms with Crippen molar-refractivity contribution in [3.8, 4) is 0 Å². The van der Waals surface area contributed by atoms with Crippen LogP contribution in [-0.4, -0.2) is 53.3 Å². The highest BCUT2D eigenvalue weighted by Gasteiger charge is 2.38. The third-order valence-electron chi connectivity index (χ3n) is 5.15. The number of carbonyl (C=O) groups is 3. The van der Waals surface area contributed by atoms with Crippen LogP contribution in [0.15, 0.2) is 4.99 Å². The molecule has 158 valence electrons. The van der Waals surface area contributed by atoms with E-state index in [2.05, 4.69) is 17.2 Å². The second-order valence-corrected chi connectivity index (χ2v) is 9.52. The van der Waals surface area contributed by atoms with Gasteiger partial charge in [-0.2, -0.15) is 0 Å². The highest BCUT2D eigenvalue weighted by Crippen LogP contribution is 2.40. The first-order valence-electron chi connectivity index (χ1n) is 9.94. The van der Waals surface area contributed by atoms with Crippen LogP contribution in [0, 0.1) is 5.92 Å². The van der Waals surface area contributed by atoms with Crippen LogP contribution >= 0.6 is 23.1 Å². The van der Waals surface area contributed by atoms with E-state index < -0.39 is 11.2 Å². The van der Waals surface area contributed by atoms with Crippen molar-refractivity contribution < 1.29 is 19.1 Å². The number of nitrogens with zero attached hydrogens (tertiary/aromatic N) is 2. The van der Waals surface area contributed by atoms with Crippen molar-refractivity contribution in [2.75, 3.05) is 25.5 Å². The standard InChI is InChI=1S/C20H27N3O4S2/c1-5-21-20-23(6-2)18(25)14(29-20)10-15(24)22-17-16(19(26)27-4)12-8-7-11(3)9-13(12)28-17/h11,14H,5-10H2,1-4H3,(H,22,24)/t11-,14+/m0/s1. The predicted octanol–water partition coefficient (Wildman–Crippen LogP) is 3.33. The van der Waals surface area contributed by atoms with Crippen LogP contribution in [0.4, 0.5) is 5.00 Å². The Morgan fingerprint density at radius 2 is 2.10 bits per heavy atom. The summed E-state index contributed by atoms with van der Waals surface area (Å²) in [6.07, 6.45) is 2.77. The summed E-state index contributed by atoms with van der Waals surface area (Å²) < 4.78 is 4.97. The van der Waals surface area contributed by atoms with E-state index in [0.717, 1.165) is 29.7 Å². The number of rotatable bonds is 6. The van der Waals surface area contributed by atoms with E-state index in [4.69, 9.17) is 4.74 Å². The fourth-order valence-electron chi connectivity index (χ4n) is 3.69. The summed E-state index contributed by atoms with van der Waals surface area (Å²) in [4.78, 5) is 44.8. The molecule has 1 aliphatic heterocycles. The Labute approximate surface area is 179 Å². The van der Waals surface area contributed by atoms with Crippen molar-refractivity contribution in [3.63, 3.8) is 0 Å². The molecular formula is C20H27N3O4S2. The minimum absolute atomic E-state index is 0.0440. The number of thiophene rings is 1. The number of amides is 2. The molecule has 0 radical (unpaired) electrons. The molecule has 3 rings (SSSR count). The van der Waals surface area contributed by atoms with E-state index in [1.807, 2.05) is 13.8 Å². The van der Waals surface area contributed by atoms with Crippen molar-refractivity contribution in [2.24, 2.45) is 10.9 Å². The van der Waals surface area contributed by atoms with Gasteiger partial charge in [0.05, 0.1) is 12.7 Å². The molecule has 1 saturated heterocycles. The van der Waals surface area contributed by atoms with Crippen molar-refractivity contribution in [1.29, 1.82) is 0 Å². The van der Waals surface area contributed by atoms with E-state index in [0.29, 0.717) is 34.7 Å². The quantitative estimate of drug-likeness (QED) is 0.690. The molecule has 1 aromatic heterocycles. The fraction of sp³-hybridized carbons (Fsp3) is 0.600. The smallest absolute Gasteiger partial charge is 0.341 e. The third-order valence-corrected chi connectivity index (χ3v) is 7.54. The average Bonchev–Trinajstić information content (AvgIpc) is 3.17. The summed E-state index contributed by atoms with van der Waals surface area (Å²) in [6, 6.07) is 0. The summed E-state index contributed by atoms with van der Waals surface area (Å²) in [5.74, 6) is -0.235. The van der Waals surface area contributed by atoms with E-state index in [1.54, 1.807) is 4.90 Å². The number of aliphatic imine (C=N–C) groups is 1. The maximum atomic E-state index is 12.7. The summed E-state index contributed by atoms with van der Waals surface area (Å²) in [5.41, 5.74) is 1.47. The van der Waals surface area contributed by atoms with Crippen LogP contribution in [0.5, 0.6) is 0 Å². The number of hydrogen-bond acceptors (Lipinski definition) is 7. The number of carbonyl (C=O) groups excluding carboxylic acids is 3. The molecule has 1 fully saturated rings. The van der Waals surface area contributed by atoms with E-state index in [1.165, 1.54) is 30.2 Å². The molecule has 2 aliphatic rings. The van der Waals surface area contributed by atoms with E-state index in [9.17, 15) is 14.4 Å². The van der Waals surface area contributed by atoms with Crippen molar-refractivity contribution in [1.82, 2.24) is 4.90 Å². The molecule has 0 spiro atoms. The largest absolute Gasteiger partial charge is 0.465 e. The minimum Gasteiger partial charge on any atom is -0.465 e. The molecule has 0 saturated carbocycles. The summed E-state index contributed by atoms with van der Waals surface area (Å²) >= 11 is 2.79. The maximum absolute atomic E-state index is 12.7. The van der Waals surface area contributed by atoms with Gasteiger partial charge in [-0.3, -0.25) is 19.5 Å². The van der Waals surface area contributed by atoms with Gasteiger partial charge in [0.25, 0.3) is 0 Å². The lowest BCUT2D eigenvalue weighted by Crippen LogP contribution is -2.33. The van der Waals surface area contributed by atoms with Crippen molar-refractivity contribution in [2.45, 2.75) is 51.7 Å². The minimum atomic E-state index is -0.489. The van der Waals surface area contributed by atoms with Crippen molar-refractivity contribution >= 4 is 51.1 Å². The zero-order valence-corrected chi connectivity index (χ0v) is 18.9. The fourth-order valence-corrected chi connectivity index (χ4v) is 6.37. The number of methoxy groups -OCH3 is 1. The molecule has 1 aliphatic carbocycles. The number of ether oxygens (including phenoxy) is 1. The number of hydrogen-bond donors (Lipinski definition) is 1. The number of esters is 1. The molecule has 1 N–H and O–H groups in total. The molecule has 7 nitrogen and oxygen atoms in total. The Bertz CT molecular complexity index is 849. The van der Waals surface area contributed by atoms with E-state index >= 15 is 0 Å². The molecule has 0 aromatic carbocycles. The number of thioether (sulfide) groups is 1. The normalized spacial score (nSPS) is 22.7. The Kier molecular flexibility index (Phi) is 7.00. The van der Waals surface area contributed by atoms with Gasteiger partial charge in [-0.25, -0.2) is 4.79 Å². The maximum Gasteiger partial charge on any atom is 0.341 e. The van der Waals surface area contributed by atoms with Gasteiger partial charge >= 0.3 is 5.97 Å². The first kappa shape index (κ1) is 21.8. The van der Waals surface area contributed by atoms with Crippen molar-refractivity contribution in [3.05, 3.63) is 16.0 Å². The monoisotopic (exact) mass is 437 g/mol. The average molecular weight is 438 g/mol. The SMILES string of the molecule is CCN=C1S[C@H](CC(=O)Nc2sc3c(c2C(=O)OC)CC[C@H](C)C3)C(=O)N1CC. The molecule has 2 heterocycles.